The van der Waals surface area contributed by atoms with Gasteiger partial charge in [0.1, 0.15) is 12.3 Å². The van der Waals surface area contributed by atoms with Crippen molar-refractivity contribution in [3.8, 4) is 0 Å². The molecule has 4 nitrogen and oxygen atoms in total. The minimum Gasteiger partial charge on any atom is -0.467 e. The van der Waals surface area contributed by atoms with Gasteiger partial charge in [-0.05, 0) is 32.4 Å². The first-order valence-electron chi connectivity index (χ1n) is 7.33. The Hall–Kier alpha value is -1.45. The Labute approximate surface area is 116 Å². The van der Waals surface area contributed by atoms with Gasteiger partial charge in [0, 0.05) is 12.6 Å². The van der Waals surface area contributed by atoms with Crippen molar-refractivity contribution in [1.29, 1.82) is 0 Å². The van der Waals surface area contributed by atoms with Crippen molar-refractivity contribution < 1.29 is 4.42 Å². The number of nitrogens with zero attached hydrogens (tertiary/aromatic N) is 1. The van der Waals surface area contributed by atoms with Gasteiger partial charge in [0.15, 0.2) is 5.96 Å². The molecule has 1 heterocycles. The van der Waals surface area contributed by atoms with E-state index < -0.39 is 0 Å². The number of furan rings is 1. The molecule has 1 atom stereocenters. The zero-order valence-electron chi connectivity index (χ0n) is 12.4. The van der Waals surface area contributed by atoms with Gasteiger partial charge in [0.25, 0.3) is 0 Å². The maximum atomic E-state index is 5.28. The van der Waals surface area contributed by atoms with E-state index in [4.69, 9.17) is 4.42 Å². The molecule has 4 heteroatoms. The molecule has 108 valence electrons. The molecule has 1 aromatic heterocycles. The number of hydrogen-bond acceptors (Lipinski definition) is 2. The fourth-order valence-corrected chi connectivity index (χ4v) is 1.89. The van der Waals surface area contributed by atoms with Crippen LogP contribution < -0.4 is 10.6 Å². The van der Waals surface area contributed by atoms with Gasteiger partial charge >= 0.3 is 0 Å². The third kappa shape index (κ3) is 6.89. The smallest absolute Gasteiger partial charge is 0.191 e. The van der Waals surface area contributed by atoms with E-state index in [-0.39, 0.29) is 0 Å². The maximum absolute atomic E-state index is 5.28. The van der Waals surface area contributed by atoms with Gasteiger partial charge in [-0.25, -0.2) is 4.99 Å². The second-order valence-corrected chi connectivity index (χ2v) is 4.82. The monoisotopic (exact) mass is 265 g/mol. The van der Waals surface area contributed by atoms with E-state index in [1.807, 2.05) is 12.1 Å². The fourth-order valence-electron chi connectivity index (χ4n) is 1.89. The molecule has 0 radical (unpaired) electrons. The van der Waals surface area contributed by atoms with Gasteiger partial charge in [0.2, 0.25) is 0 Å². The Morgan fingerprint density at radius 2 is 2.21 bits per heavy atom. The second kappa shape index (κ2) is 9.48. The molecule has 1 unspecified atom stereocenters. The summed E-state index contributed by atoms with van der Waals surface area (Å²) in [6, 6.07) is 4.28. The minimum absolute atomic E-state index is 0.445. The van der Waals surface area contributed by atoms with Crippen LogP contribution in [0.25, 0.3) is 0 Å². The molecule has 19 heavy (non-hydrogen) atoms. The van der Waals surface area contributed by atoms with Crippen LogP contribution in [0.4, 0.5) is 0 Å². The van der Waals surface area contributed by atoms with Gasteiger partial charge in [0.05, 0.1) is 6.26 Å². The number of nitrogens with one attached hydrogen (secondary N) is 2. The largest absolute Gasteiger partial charge is 0.467 e. The van der Waals surface area contributed by atoms with Crippen LogP contribution in [0.3, 0.4) is 0 Å². The average molecular weight is 265 g/mol. The lowest BCUT2D eigenvalue weighted by atomic mass is 10.1. The first kappa shape index (κ1) is 15.6. The number of aliphatic imine (C=N–C) groups is 1. The predicted molar refractivity (Wildman–Crippen MR) is 80.3 cm³/mol. The molecule has 2 N–H and O–H groups in total. The Morgan fingerprint density at radius 1 is 1.37 bits per heavy atom. The summed E-state index contributed by atoms with van der Waals surface area (Å²) >= 11 is 0. The van der Waals surface area contributed by atoms with E-state index >= 15 is 0 Å². The molecule has 1 rings (SSSR count). The average Bonchev–Trinajstić information content (AvgIpc) is 2.89. The summed E-state index contributed by atoms with van der Waals surface area (Å²) in [7, 11) is 0. The van der Waals surface area contributed by atoms with Crippen molar-refractivity contribution in [3.05, 3.63) is 24.2 Å². The molecule has 0 amide bonds. The normalized spacial score (nSPS) is 13.3. The van der Waals surface area contributed by atoms with Crippen LogP contribution in [-0.2, 0) is 6.54 Å². The van der Waals surface area contributed by atoms with E-state index in [9.17, 15) is 0 Å². The zero-order valence-corrected chi connectivity index (χ0v) is 12.4. The summed E-state index contributed by atoms with van der Waals surface area (Å²) in [6.45, 7) is 7.95. The van der Waals surface area contributed by atoms with E-state index in [1.54, 1.807) is 6.26 Å². The minimum atomic E-state index is 0.445. The summed E-state index contributed by atoms with van der Waals surface area (Å²) in [6.07, 6.45) is 6.69. The molecule has 0 bridgehead atoms. The molecule has 0 aliphatic heterocycles. The lowest BCUT2D eigenvalue weighted by Gasteiger charge is -2.17. The first-order valence-corrected chi connectivity index (χ1v) is 7.33. The van der Waals surface area contributed by atoms with Gasteiger partial charge in [-0.1, -0.05) is 26.2 Å². The lowest BCUT2D eigenvalue weighted by molar-refractivity contribution is 0.509. The molecule has 0 aliphatic rings. The fraction of sp³-hybridized carbons (Fsp3) is 0.667. The van der Waals surface area contributed by atoms with Crippen LogP contribution in [0.5, 0.6) is 0 Å². The third-order valence-corrected chi connectivity index (χ3v) is 2.94. The maximum Gasteiger partial charge on any atom is 0.191 e. The number of hydrogen-bond donors (Lipinski definition) is 2. The zero-order chi connectivity index (χ0) is 13.9. The van der Waals surface area contributed by atoms with E-state index in [0.717, 1.165) is 18.3 Å². The van der Waals surface area contributed by atoms with Crippen LogP contribution in [0.2, 0.25) is 0 Å². The molecule has 1 aromatic rings. The number of unbranched alkanes of at least 4 members (excludes halogenated alkanes) is 2. The van der Waals surface area contributed by atoms with Crippen LogP contribution in [0.1, 0.15) is 52.2 Å². The van der Waals surface area contributed by atoms with Gasteiger partial charge in [-0.3, -0.25) is 0 Å². The molecule has 0 aliphatic carbocycles. The van der Waals surface area contributed by atoms with Crippen LogP contribution in [0.15, 0.2) is 27.8 Å². The summed E-state index contributed by atoms with van der Waals surface area (Å²) in [5.41, 5.74) is 0. The van der Waals surface area contributed by atoms with Gasteiger partial charge < -0.3 is 15.1 Å². The topological polar surface area (TPSA) is 49.6 Å². The summed E-state index contributed by atoms with van der Waals surface area (Å²) in [4.78, 5) is 4.52. The van der Waals surface area contributed by atoms with Crippen molar-refractivity contribution in [1.82, 2.24) is 10.6 Å². The first-order chi connectivity index (χ1) is 9.26. The molecule has 0 spiro atoms. The lowest BCUT2D eigenvalue weighted by Crippen LogP contribution is -2.42. The van der Waals surface area contributed by atoms with Gasteiger partial charge in [-0.15, -0.1) is 0 Å². The Morgan fingerprint density at radius 3 is 2.84 bits per heavy atom. The predicted octanol–water partition coefficient (Wildman–Crippen LogP) is 3.30. The highest BCUT2D eigenvalue weighted by Crippen LogP contribution is 2.04. The molecular formula is C15H27N3O. The van der Waals surface area contributed by atoms with E-state index in [2.05, 4.69) is 36.4 Å². The third-order valence-electron chi connectivity index (χ3n) is 2.94. The Kier molecular flexibility index (Phi) is 7.78. The Bertz CT molecular complexity index is 346. The van der Waals surface area contributed by atoms with Crippen molar-refractivity contribution in [2.45, 2.75) is 59.0 Å². The molecule has 0 saturated carbocycles. The number of rotatable bonds is 8. The van der Waals surface area contributed by atoms with E-state index in [0.29, 0.717) is 12.6 Å². The van der Waals surface area contributed by atoms with Crippen LogP contribution in [-0.4, -0.2) is 18.5 Å². The van der Waals surface area contributed by atoms with Crippen molar-refractivity contribution >= 4 is 5.96 Å². The second-order valence-electron chi connectivity index (χ2n) is 4.82. The highest BCUT2D eigenvalue weighted by Gasteiger charge is 2.05. The summed E-state index contributed by atoms with van der Waals surface area (Å²) < 4.78 is 5.28. The van der Waals surface area contributed by atoms with Crippen LogP contribution >= 0.6 is 0 Å². The van der Waals surface area contributed by atoms with Crippen molar-refractivity contribution in [2.75, 3.05) is 6.54 Å². The Balaban J connectivity index is 2.40. The molecule has 0 saturated heterocycles. The number of guanidine groups is 1. The summed E-state index contributed by atoms with van der Waals surface area (Å²) in [5, 5.41) is 6.70. The van der Waals surface area contributed by atoms with Crippen LogP contribution in [0, 0.1) is 0 Å². The highest BCUT2D eigenvalue weighted by atomic mass is 16.3. The molecular weight excluding hydrogens is 238 g/mol. The van der Waals surface area contributed by atoms with Gasteiger partial charge in [-0.2, -0.15) is 0 Å². The molecule has 0 fully saturated rings. The SMILES string of the molecule is CCCCCC(C)NC(=NCc1ccco1)NCC. The standard InChI is InChI=1S/C15H27N3O/c1-4-6-7-9-13(3)18-15(16-5-2)17-12-14-10-8-11-19-14/h8,10-11,13H,4-7,9,12H2,1-3H3,(H2,16,17,18). The van der Waals surface area contributed by atoms with Crippen molar-refractivity contribution in [3.63, 3.8) is 0 Å². The van der Waals surface area contributed by atoms with E-state index in [1.165, 1.54) is 25.7 Å². The quantitative estimate of drug-likeness (QED) is 0.431. The highest BCUT2D eigenvalue weighted by molar-refractivity contribution is 5.79. The van der Waals surface area contributed by atoms with Crippen molar-refractivity contribution in [2.24, 2.45) is 4.99 Å². The summed E-state index contributed by atoms with van der Waals surface area (Å²) in [5.74, 6) is 1.75. The molecule has 0 aromatic carbocycles.